The van der Waals surface area contributed by atoms with Crippen molar-refractivity contribution in [2.45, 2.75) is 0 Å². The van der Waals surface area contributed by atoms with Gasteiger partial charge < -0.3 is 0 Å². The van der Waals surface area contributed by atoms with Gasteiger partial charge in [-0.1, -0.05) is 103 Å². The van der Waals surface area contributed by atoms with Crippen molar-refractivity contribution in [1.82, 2.24) is 0 Å². The van der Waals surface area contributed by atoms with Crippen molar-refractivity contribution in [3.8, 4) is 22.3 Å². The lowest BCUT2D eigenvalue weighted by Crippen LogP contribution is -1.90. The standard InChI is InChI=1S/C32H20S/c1-2-10-21(11-3-1)31-24-13-4-6-15-26(24)32(27-16-7-5-14-25(27)31)22-18-19-30-28(20-22)23-12-8-9-17-29(23)33-30/h1-20H. The maximum atomic E-state index is 2.39. The molecule has 0 aliphatic rings. The van der Waals surface area contributed by atoms with Crippen LogP contribution in [0.15, 0.2) is 121 Å². The van der Waals surface area contributed by atoms with Crippen molar-refractivity contribution >= 4 is 53.1 Å². The molecule has 0 radical (unpaired) electrons. The van der Waals surface area contributed by atoms with E-state index < -0.39 is 0 Å². The topological polar surface area (TPSA) is 0 Å². The molecular formula is C32H20S. The Balaban J connectivity index is 1.63. The molecule has 7 rings (SSSR count). The molecule has 0 nitrogen and oxygen atoms in total. The van der Waals surface area contributed by atoms with Gasteiger partial charge in [-0.3, -0.25) is 0 Å². The zero-order chi connectivity index (χ0) is 21.8. The van der Waals surface area contributed by atoms with Crippen LogP contribution < -0.4 is 0 Å². The van der Waals surface area contributed by atoms with E-state index in [-0.39, 0.29) is 0 Å². The Morgan fingerprint density at radius 1 is 0.333 bits per heavy atom. The Morgan fingerprint density at radius 2 is 0.818 bits per heavy atom. The fourth-order valence-corrected chi connectivity index (χ4v) is 6.32. The second kappa shape index (κ2) is 7.30. The van der Waals surface area contributed by atoms with Gasteiger partial charge in [0.2, 0.25) is 0 Å². The van der Waals surface area contributed by atoms with Gasteiger partial charge in [0.1, 0.15) is 0 Å². The van der Waals surface area contributed by atoms with Gasteiger partial charge in [0.05, 0.1) is 0 Å². The van der Waals surface area contributed by atoms with Gasteiger partial charge in [-0.15, -0.1) is 11.3 Å². The van der Waals surface area contributed by atoms with E-state index in [1.807, 2.05) is 11.3 Å². The molecule has 0 atom stereocenters. The molecule has 0 saturated heterocycles. The van der Waals surface area contributed by atoms with E-state index in [1.165, 1.54) is 64.0 Å². The van der Waals surface area contributed by atoms with Crippen LogP contribution in [0.1, 0.15) is 0 Å². The third-order valence-corrected chi connectivity index (χ3v) is 7.81. The van der Waals surface area contributed by atoms with Gasteiger partial charge in [0.15, 0.2) is 0 Å². The normalized spacial score (nSPS) is 11.6. The van der Waals surface area contributed by atoms with Gasteiger partial charge in [-0.05, 0) is 62.0 Å². The largest absolute Gasteiger partial charge is 0.135 e. The molecule has 0 aliphatic carbocycles. The minimum absolute atomic E-state index is 1.26. The molecule has 1 aromatic heterocycles. The quantitative estimate of drug-likeness (QED) is 0.237. The van der Waals surface area contributed by atoms with Gasteiger partial charge in [-0.25, -0.2) is 0 Å². The maximum Gasteiger partial charge on any atom is 0.0355 e. The predicted molar refractivity (Wildman–Crippen MR) is 145 cm³/mol. The summed E-state index contributed by atoms with van der Waals surface area (Å²) in [6.45, 7) is 0. The third kappa shape index (κ3) is 2.83. The smallest absolute Gasteiger partial charge is 0.0355 e. The molecule has 1 heterocycles. The zero-order valence-corrected chi connectivity index (χ0v) is 18.8. The molecular weight excluding hydrogens is 416 g/mol. The van der Waals surface area contributed by atoms with Crippen LogP contribution in [0, 0.1) is 0 Å². The average molecular weight is 437 g/mol. The van der Waals surface area contributed by atoms with Crippen LogP contribution in [0.2, 0.25) is 0 Å². The van der Waals surface area contributed by atoms with Crippen LogP contribution in [-0.2, 0) is 0 Å². The van der Waals surface area contributed by atoms with E-state index in [1.54, 1.807) is 0 Å². The molecule has 33 heavy (non-hydrogen) atoms. The number of benzene rings is 6. The summed E-state index contributed by atoms with van der Waals surface area (Å²) in [6, 6.07) is 44.2. The lowest BCUT2D eigenvalue weighted by molar-refractivity contribution is 1.66. The van der Waals surface area contributed by atoms with Gasteiger partial charge in [-0.2, -0.15) is 0 Å². The highest BCUT2D eigenvalue weighted by Gasteiger charge is 2.17. The first-order valence-corrected chi connectivity index (χ1v) is 12.1. The average Bonchev–Trinajstić information content (AvgIpc) is 3.25. The Morgan fingerprint density at radius 3 is 1.45 bits per heavy atom. The molecule has 7 aromatic rings. The summed E-state index contributed by atoms with van der Waals surface area (Å²) in [5.41, 5.74) is 5.17. The number of fused-ring (bicyclic) bond motifs is 5. The molecule has 0 fully saturated rings. The molecule has 0 aliphatic heterocycles. The number of hydrogen-bond acceptors (Lipinski definition) is 1. The predicted octanol–water partition coefficient (Wildman–Crippen LogP) is 9.69. The Kier molecular flexibility index (Phi) is 4.12. The second-order valence-electron chi connectivity index (χ2n) is 8.52. The van der Waals surface area contributed by atoms with Crippen molar-refractivity contribution in [1.29, 1.82) is 0 Å². The van der Waals surface area contributed by atoms with E-state index in [0.29, 0.717) is 0 Å². The van der Waals surface area contributed by atoms with Crippen LogP contribution in [-0.4, -0.2) is 0 Å². The van der Waals surface area contributed by atoms with E-state index in [0.717, 1.165) is 0 Å². The molecule has 6 aromatic carbocycles. The van der Waals surface area contributed by atoms with Crippen LogP contribution in [0.25, 0.3) is 64.0 Å². The highest BCUT2D eigenvalue weighted by Crippen LogP contribution is 2.45. The molecule has 0 unspecified atom stereocenters. The van der Waals surface area contributed by atoms with Crippen LogP contribution in [0.5, 0.6) is 0 Å². The molecule has 0 spiro atoms. The van der Waals surface area contributed by atoms with E-state index in [9.17, 15) is 0 Å². The van der Waals surface area contributed by atoms with Crippen LogP contribution in [0.3, 0.4) is 0 Å². The molecule has 0 bridgehead atoms. The lowest BCUT2D eigenvalue weighted by atomic mass is 9.86. The van der Waals surface area contributed by atoms with Gasteiger partial charge in [0, 0.05) is 20.2 Å². The highest BCUT2D eigenvalue weighted by molar-refractivity contribution is 7.25. The monoisotopic (exact) mass is 436 g/mol. The Labute approximate surface area is 196 Å². The van der Waals surface area contributed by atoms with E-state index in [4.69, 9.17) is 0 Å². The lowest BCUT2D eigenvalue weighted by Gasteiger charge is -2.17. The molecule has 0 N–H and O–H groups in total. The summed E-state index contributed by atoms with van der Waals surface area (Å²) in [4.78, 5) is 0. The van der Waals surface area contributed by atoms with Crippen LogP contribution >= 0.6 is 11.3 Å². The Bertz CT molecular complexity index is 1750. The first-order valence-electron chi connectivity index (χ1n) is 11.3. The second-order valence-corrected chi connectivity index (χ2v) is 9.60. The van der Waals surface area contributed by atoms with E-state index >= 15 is 0 Å². The third-order valence-electron chi connectivity index (χ3n) is 6.66. The van der Waals surface area contributed by atoms with Crippen molar-refractivity contribution in [2.24, 2.45) is 0 Å². The van der Waals surface area contributed by atoms with Gasteiger partial charge in [0.25, 0.3) is 0 Å². The molecule has 154 valence electrons. The fraction of sp³-hybridized carbons (Fsp3) is 0. The number of hydrogen-bond donors (Lipinski definition) is 0. The van der Waals surface area contributed by atoms with E-state index in [2.05, 4.69) is 121 Å². The maximum absolute atomic E-state index is 2.39. The number of rotatable bonds is 2. The molecule has 0 saturated carbocycles. The summed E-state index contributed by atoms with van der Waals surface area (Å²) < 4.78 is 2.69. The summed E-state index contributed by atoms with van der Waals surface area (Å²) in [5.74, 6) is 0. The van der Waals surface area contributed by atoms with Crippen LogP contribution in [0.4, 0.5) is 0 Å². The summed E-state index contributed by atoms with van der Waals surface area (Å²) in [7, 11) is 0. The number of thiophene rings is 1. The first-order chi connectivity index (χ1) is 16.4. The summed E-state index contributed by atoms with van der Waals surface area (Å²) >= 11 is 1.87. The summed E-state index contributed by atoms with van der Waals surface area (Å²) in [6.07, 6.45) is 0. The first kappa shape index (κ1) is 18.6. The van der Waals surface area contributed by atoms with Crippen molar-refractivity contribution < 1.29 is 0 Å². The highest BCUT2D eigenvalue weighted by atomic mass is 32.1. The molecule has 1 heteroatoms. The summed E-state index contributed by atoms with van der Waals surface area (Å²) in [5, 5.41) is 7.88. The van der Waals surface area contributed by atoms with Crippen molar-refractivity contribution in [3.63, 3.8) is 0 Å². The fourth-order valence-electron chi connectivity index (χ4n) is 5.24. The minimum Gasteiger partial charge on any atom is -0.135 e. The Hall–Kier alpha value is -3.94. The van der Waals surface area contributed by atoms with Crippen molar-refractivity contribution in [3.05, 3.63) is 121 Å². The zero-order valence-electron chi connectivity index (χ0n) is 18.0. The SMILES string of the molecule is c1ccc(-c2c3ccccc3c(-c3ccc4sc5ccccc5c4c3)c3ccccc23)cc1. The minimum atomic E-state index is 1.26. The molecule has 0 amide bonds. The van der Waals surface area contributed by atoms with Gasteiger partial charge >= 0.3 is 0 Å². The van der Waals surface area contributed by atoms with Crippen molar-refractivity contribution in [2.75, 3.05) is 0 Å².